The maximum absolute atomic E-state index is 12.8. The minimum atomic E-state index is -3.57. The fraction of sp³-hybridized carbons (Fsp3) is 0.333. The summed E-state index contributed by atoms with van der Waals surface area (Å²) in [6.07, 6.45) is 5.94. The van der Waals surface area contributed by atoms with Crippen molar-refractivity contribution in [2.24, 2.45) is 0 Å². The molecule has 0 aliphatic heterocycles. The Morgan fingerprint density at radius 3 is 2.45 bits per heavy atom. The molecule has 4 rings (SSSR count). The molecular weight excluding hydrogens is 390 g/mol. The minimum absolute atomic E-state index is 0.0159. The molecule has 1 fully saturated rings. The first-order chi connectivity index (χ1) is 14.0. The van der Waals surface area contributed by atoms with Crippen molar-refractivity contribution in [2.45, 2.75) is 42.7 Å². The summed E-state index contributed by atoms with van der Waals surface area (Å²) >= 11 is 0. The van der Waals surface area contributed by atoms with E-state index in [0.29, 0.717) is 29.5 Å². The van der Waals surface area contributed by atoms with Gasteiger partial charge in [-0.25, -0.2) is 13.1 Å². The topological polar surface area (TPSA) is 90.4 Å². The van der Waals surface area contributed by atoms with Crippen molar-refractivity contribution in [3.8, 4) is 11.8 Å². The van der Waals surface area contributed by atoms with E-state index in [4.69, 9.17) is 9.47 Å². The van der Waals surface area contributed by atoms with Crippen LogP contribution in [0.4, 0.5) is 0 Å². The van der Waals surface area contributed by atoms with Gasteiger partial charge in [-0.3, -0.25) is 4.98 Å². The zero-order valence-corrected chi connectivity index (χ0v) is 16.9. The van der Waals surface area contributed by atoms with Crippen LogP contribution in [-0.2, 0) is 10.0 Å². The molecule has 0 amide bonds. The standard InChI is InChI=1S/C21H23N3O4S/c1-27-20-13-22-14-21(23-20)28-18-9-7-17(8-10-18)24-29(25,26)19-11-6-15-4-2-3-5-16(15)12-19/h2-6,11-14,17-18,24H,7-10H2,1H3. The first-order valence-corrected chi connectivity index (χ1v) is 11.1. The Morgan fingerprint density at radius 1 is 0.966 bits per heavy atom. The Labute approximate surface area is 170 Å². The Balaban J connectivity index is 1.36. The van der Waals surface area contributed by atoms with Gasteiger partial charge < -0.3 is 9.47 Å². The number of methoxy groups -OCH3 is 1. The minimum Gasteiger partial charge on any atom is -0.480 e. The number of sulfonamides is 1. The SMILES string of the molecule is COc1cncc(OC2CCC(NS(=O)(=O)c3ccc4ccccc4c3)CC2)n1. The molecule has 0 saturated heterocycles. The highest BCUT2D eigenvalue weighted by atomic mass is 32.2. The summed E-state index contributed by atoms with van der Waals surface area (Å²) in [4.78, 5) is 8.54. The summed E-state index contributed by atoms with van der Waals surface area (Å²) < 4.78 is 39.4. The van der Waals surface area contributed by atoms with Gasteiger partial charge in [-0.05, 0) is 48.6 Å². The number of ether oxygens (including phenoxy) is 2. The Bertz CT molecular complexity index is 1100. The number of nitrogens with one attached hydrogen (secondary N) is 1. The number of fused-ring (bicyclic) bond motifs is 1. The molecule has 1 aromatic heterocycles. The summed E-state index contributed by atoms with van der Waals surface area (Å²) in [5, 5.41) is 1.93. The zero-order chi connectivity index (χ0) is 20.3. The van der Waals surface area contributed by atoms with Gasteiger partial charge in [-0.15, -0.1) is 0 Å². The van der Waals surface area contributed by atoms with E-state index in [1.165, 1.54) is 13.3 Å². The molecule has 0 unspecified atom stereocenters. The fourth-order valence-electron chi connectivity index (χ4n) is 3.58. The third-order valence-corrected chi connectivity index (χ3v) is 6.63. The van der Waals surface area contributed by atoms with Crippen LogP contribution < -0.4 is 14.2 Å². The highest BCUT2D eigenvalue weighted by Crippen LogP contribution is 2.25. The monoisotopic (exact) mass is 413 g/mol. The third-order valence-electron chi connectivity index (χ3n) is 5.11. The first-order valence-electron chi connectivity index (χ1n) is 9.57. The van der Waals surface area contributed by atoms with Gasteiger partial charge in [-0.1, -0.05) is 30.3 Å². The molecule has 0 spiro atoms. The molecule has 1 N–H and O–H groups in total. The van der Waals surface area contributed by atoms with Gasteiger partial charge >= 0.3 is 0 Å². The summed E-state index contributed by atoms with van der Waals surface area (Å²) in [7, 11) is -2.04. The Kier molecular flexibility index (Phi) is 5.64. The Morgan fingerprint density at radius 2 is 1.69 bits per heavy atom. The number of benzene rings is 2. The molecule has 29 heavy (non-hydrogen) atoms. The highest BCUT2D eigenvalue weighted by Gasteiger charge is 2.27. The van der Waals surface area contributed by atoms with E-state index >= 15 is 0 Å². The summed E-state index contributed by atoms with van der Waals surface area (Å²) in [5.74, 6) is 0.823. The van der Waals surface area contributed by atoms with Gasteiger partial charge in [0.2, 0.25) is 21.8 Å². The lowest BCUT2D eigenvalue weighted by atomic mass is 9.94. The number of hydrogen-bond acceptors (Lipinski definition) is 6. The lowest BCUT2D eigenvalue weighted by Crippen LogP contribution is -2.39. The molecule has 8 heteroatoms. The number of rotatable bonds is 6. The number of aromatic nitrogens is 2. The van der Waals surface area contributed by atoms with Crippen LogP contribution in [0, 0.1) is 0 Å². The molecule has 1 heterocycles. The van der Waals surface area contributed by atoms with Crippen molar-refractivity contribution >= 4 is 20.8 Å². The summed E-state index contributed by atoms with van der Waals surface area (Å²) in [6.45, 7) is 0. The van der Waals surface area contributed by atoms with Gasteiger partial charge in [-0.2, -0.15) is 4.98 Å². The zero-order valence-electron chi connectivity index (χ0n) is 16.1. The van der Waals surface area contributed by atoms with Crippen LogP contribution in [0.25, 0.3) is 10.8 Å². The van der Waals surface area contributed by atoms with Crippen molar-refractivity contribution in [3.05, 3.63) is 54.9 Å². The molecule has 152 valence electrons. The number of hydrogen-bond donors (Lipinski definition) is 1. The molecule has 0 bridgehead atoms. The van der Waals surface area contributed by atoms with Crippen molar-refractivity contribution in [1.82, 2.24) is 14.7 Å². The van der Waals surface area contributed by atoms with Gasteiger partial charge in [0.05, 0.1) is 24.4 Å². The van der Waals surface area contributed by atoms with Gasteiger partial charge in [0, 0.05) is 6.04 Å². The van der Waals surface area contributed by atoms with Crippen molar-refractivity contribution in [1.29, 1.82) is 0 Å². The second-order valence-corrected chi connectivity index (χ2v) is 8.84. The summed E-state index contributed by atoms with van der Waals surface area (Å²) in [5.41, 5.74) is 0. The van der Waals surface area contributed by atoms with E-state index in [2.05, 4.69) is 14.7 Å². The van der Waals surface area contributed by atoms with Crippen molar-refractivity contribution < 1.29 is 17.9 Å². The molecular formula is C21H23N3O4S. The quantitative estimate of drug-likeness (QED) is 0.667. The van der Waals surface area contributed by atoms with Gasteiger partial charge in [0.15, 0.2) is 0 Å². The smallest absolute Gasteiger partial charge is 0.240 e. The molecule has 3 aromatic rings. The molecule has 0 radical (unpaired) electrons. The molecule has 0 atom stereocenters. The predicted octanol–water partition coefficient (Wildman–Crippen LogP) is 3.31. The van der Waals surface area contributed by atoms with Crippen LogP contribution in [0.1, 0.15) is 25.7 Å². The predicted molar refractivity (Wildman–Crippen MR) is 110 cm³/mol. The first kappa shape index (κ1) is 19.6. The molecule has 1 aliphatic rings. The van der Waals surface area contributed by atoms with Gasteiger partial charge in [0.1, 0.15) is 6.10 Å². The van der Waals surface area contributed by atoms with E-state index in [-0.39, 0.29) is 12.1 Å². The van der Waals surface area contributed by atoms with E-state index < -0.39 is 10.0 Å². The van der Waals surface area contributed by atoms with Crippen LogP contribution >= 0.6 is 0 Å². The second-order valence-electron chi connectivity index (χ2n) is 7.12. The van der Waals surface area contributed by atoms with Crippen LogP contribution in [0.2, 0.25) is 0 Å². The fourth-order valence-corrected chi connectivity index (χ4v) is 4.92. The second kappa shape index (κ2) is 8.34. The van der Waals surface area contributed by atoms with Gasteiger partial charge in [0.25, 0.3) is 0 Å². The average Bonchev–Trinajstić information content (AvgIpc) is 2.75. The molecule has 7 nitrogen and oxygen atoms in total. The lowest BCUT2D eigenvalue weighted by molar-refractivity contribution is 0.136. The maximum Gasteiger partial charge on any atom is 0.240 e. The Hall–Kier alpha value is -2.71. The van der Waals surface area contributed by atoms with Crippen LogP contribution in [0.3, 0.4) is 0 Å². The highest BCUT2D eigenvalue weighted by molar-refractivity contribution is 7.89. The van der Waals surface area contributed by atoms with Crippen molar-refractivity contribution in [3.63, 3.8) is 0 Å². The average molecular weight is 413 g/mol. The van der Waals surface area contributed by atoms with Crippen LogP contribution in [0.5, 0.6) is 11.8 Å². The van der Waals surface area contributed by atoms with E-state index in [1.807, 2.05) is 30.3 Å². The molecule has 2 aromatic carbocycles. The van der Waals surface area contributed by atoms with E-state index in [0.717, 1.165) is 23.6 Å². The number of nitrogens with zero attached hydrogens (tertiary/aromatic N) is 2. The lowest BCUT2D eigenvalue weighted by Gasteiger charge is -2.29. The van der Waals surface area contributed by atoms with E-state index in [1.54, 1.807) is 18.3 Å². The van der Waals surface area contributed by atoms with Crippen LogP contribution in [-0.4, -0.2) is 37.6 Å². The maximum atomic E-state index is 12.8. The summed E-state index contributed by atoms with van der Waals surface area (Å²) in [6, 6.07) is 12.8. The van der Waals surface area contributed by atoms with Crippen LogP contribution in [0.15, 0.2) is 59.8 Å². The molecule has 1 aliphatic carbocycles. The molecule has 1 saturated carbocycles. The normalized spacial score (nSPS) is 19.8. The van der Waals surface area contributed by atoms with E-state index in [9.17, 15) is 8.42 Å². The largest absolute Gasteiger partial charge is 0.480 e. The van der Waals surface area contributed by atoms with Crippen molar-refractivity contribution in [2.75, 3.05) is 7.11 Å². The third kappa shape index (κ3) is 4.65.